The molecule has 3 radical (unpaired) electrons. The van der Waals surface area contributed by atoms with E-state index in [-0.39, 0.29) is 0 Å². The monoisotopic (exact) mass is 593 g/mol. The Labute approximate surface area is 245 Å². The first-order valence-electron chi connectivity index (χ1n) is 16.0. The maximum Gasteiger partial charge on any atom is 0.327 e. The molecule has 39 heavy (non-hydrogen) atoms. The predicted octanol–water partition coefficient (Wildman–Crippen LogP) is 10.4. The van der Waals surface area contributed by atoms with E-state index in [4.69, 9.17) is 9.05 Å². The van der Waals surface area contributed by atoms with Crippen LogP contribution in [-0.4, -0.2) is 25.7 Å². The first-order chi connectivity index (χ1) is 18.8. The average Bonchev–Trinajstić information content (AvgIpc) is 2.88. The molecule has 8 heteroatoms. The van der Waals surface area contributed by atoms with Crippen molar-refractivity contribution in [1.82, 2.24) is 0 Å². The van der Waals surface area contributed by atoms with Gasteiger partial charge in [-0.25, -0.2) is 0 Å². The van der Waals surface area contributed by atoms with Crippen molar-refractivity contribution < 1.29 is 28.6 Å². The Morgan fingerprint density at radius 2 is 0.923 bits per heavy atom. The van der Waals surface area contributed by atoms with Crippen LogP contribution in [0.5, 0.6) is 0 Å². The highest BCUT2D eigenvalue weighted by Crippen LogP contribution is 2.48. The Balaban J connectivity index is 4.45. The summed E-state index contributed by atoms with van der Waals surface area (Å²) in [7, 11) is -5.20. The van der Waals surface area contributed by atoms with E-state index < -0.39 is 28.7 Å². The molecule has 0 aromatic carbocycles. The Morgan fingerprint density at radius 1 is 0.564 bits per heavy atom. The van der Waals surface area contributed by atoms with Crippen molar-refractivity contribution in [2.24, 2.45) is 5.41 Å². The lowest BCUT2D eigenvalue weighted by atomic mass is 9.77. The van der Waals surface area contributed by atoms with Gasteiger partial charge in [-0.15, -0.1) is 0 Å². The van der Waals surface area contributed by atoms with Gasteiger partial charge in [0.2, 0.25) is 0 Å². The summed E-state index contributed by atoms with van der Waals surface area (Å²) in [6.07, 6.45) is 27.6. The van der Waals surface area contributed by atoms with Gasteiger partial charge < -0.3 is 28.6 Å². The SMILES string of the molecule is [CH2]C([CH2])([C](CCCCCCCCCCCCC)OP(O)O)C(CCCCCCCCCCCCC)OP(O)O. The van der Waals surface area contributed by atoms with Crippen molar-refractivity contribution in [3.05, 3.63) is 20.0 Å². The molecule has 0 aliphatic carbocycles. The van der Waals surface area contributed by atoms with E-state index >= 15 is 0 Å². The van der Waals surface area contributed by atoms with Crippen molar-refractivity contribution in [3.8, 4) is 0 Å². The number of hydrogen-bond donors (Lipinski definition) is 4. The lowest BCUT2D eigenvalue weighted by molar-refractivity contribution is 0.0467. The first kappa shape index (κ1) is 39.6. The molecule has 0 saturated carbocycles. The summed E-state index contributed by atoms with van der Waals surface area (Å²) in [4.78, 5) is 38.4. The van der Waals surface area contributed by atoms with Crippen LogP contribution >= 0.6 is 17.2 Å². The molecule has 0 heterocycles. The Hall–Kier alpha value is 0.620. The largest absolute Gasteiger partial charge is 0.328 e. The molecule has 0 aliphatic rings. The molecule has 1 unspecified atom stereocenters. The van der Waals surface area contributed by atoms with Crippen LogP contribution in [0.3, 0.4) is 0 Å². The zero-order valence-electron chi connectivity index (χ0n) is 25.5. The predicted molar refractivity (Wildman–Crippen MR) is 167 cm³/mol. The van der Waals surface area contributed by atoms with E-state index in [0.717, 1.165) is 38.5 Å². The van der Waals surface area contributed by atoms with Crippen LogP contribution in [0.2, 0.25) is 0 Å². The Bertz CT molecular complexity index is 465. The van der Waals surface area contributed by atoms with Crippen LogP contribution in [0.25, 0.3) is 0 Å². The minimum Gasteiger partial charge on any atom is -0.328 e. The van der Waals surface area contributed by atoms with E-state index in [1.165, 1.54) is 103 Å². The summed E-state index contributed by atoms with van der Waals surface area (Å²) in [5, 5.41) is 0. The van der Waals surface area contributed by atoms with Crippen LogP contribution < -0.4 is 0 Å². The molecule has 0 bridgehead atoms. The molecule has 233 valence electrons. The Morgan fingerprint density at radius 3 is 1.28 bits per heavy atom. The minimum atomic E-state index is -2.61. The highest BCUT2D eigenvalue weighted by molar-refractivity contribution is 7.39. The average molecular weight is 594 g/mol. The van der Waals surface area contributed by atoms with Gasteiger partial charge in [-0.05, 0) is 26.7 Å². The second-order valence-corrected chi connectivity index (χ2v) is 12.8. The molecule has 0 fully saturated rings. The van der Waals surface area contributed by atoms with Crippen LogP contribution in [0.1, 0.15) is 168 Å². The summed E-state index contributed by atoms with van der Waals surface area (Å²) in [5.74, 6) is 0. The molecule has 0 aromatic rings. The molecule has 0 aromatic heterocycles. The zero-order valence-corrected chi connectivity index (χ0v) is 27.3. The van der Waals surface area contributed by atoms with Gasteiger partial charge in [0.15, 0.2) is 0 Å². The van der Waals surface area contributed by atoms with Gasteiger partial charge in [0.25, 0.3) is 0 Å². The van der Waals surface area contributed by atoms with Gasteiger partial charge in [0.05, 0.1) is 6.10 Å². The summed E-state index contributed by atoms with van der Waals surface area (Å²) in [6.45, 7) is 12.9. The second-order valence-electron chi connectivity index (χ2n) is 11.4. The Kier molecular flexibility index (Phi) is 27.9. The zero-order chi connectivity index (χ0) is 29.2. The topological polar surface area (TPSA) is 99.4 Å². The minimum absolute atomic E-state index is 0.374. The molecule has 0 saturated heterocycles. The van der Waals surface area contributed by atoms with Gasteiger partial charge in [0.1, 0.15) is 6.10 Å². The van der Waals surface area contributed by atoms with Gasteiger partial charge in [0, 0.05) is 5.41 Å². The lowest BCUT2D eigenvalue weighted by Crippen LogP contribution is -2.38. The molecule has 1 atom stereocenters. The molecule has 6 nitrogen and oxygen atoms in total. The molecular weight excluding hydrogens is 530 g/mol. The third-order valence-corrected chi connectivity index (χ3v) is 8.49. The third-order valence-electron chi connectivity index (χ3n) is 7.66. The summed E-state index contributed by atoms with van der Waals surface area (Å²) in [6, 6.07) is 0. The van der Waals surface area contributed by atoms with E-state index in [9.17, 15) is 19.6 Å². The first-order valence-corrected chi connectivity index (χ1v) is 18.4. The lowest BCUT2D eigenvalue weighted by Gasteiger charge is -2.39. The van der Waals surface area contributed by atoms with Crippen LogP contribution in [-0.2, 0) is 9.05 Å². The number of hydrogen-bond acceptors (Lipinski definition) is 6. The molecule has 4 N–H and O–H groups in total. The fraction of sp³-hybridized carbons (Fsp3) is 0.903. The number of unbranched alkanes of at least 4 members (excludes halogenated alkanes) is 20. The van der Waals surface area contributed by atoms with Crippen molar-refractivity contribution in [2.45, 2.75) is 174 Å². The molecule has 0 aliphatic heterocycles. The van der Waals surface area contributed by atoms with Gasteiger partial charge in [-0.1, -0.05) is 155 Å². The standard InChI is InChI=1S/C31H63O6P2/c1-5-7-9-11-13-15-17-19-21-23-25-27-29(36-38(32)33)31(3,4)30(37-39(34)35)28-26-24-22-20-18-16-14-12-10-8-6-2/h29,32-35H,3-28H2,1-2H3. The third kappa shape index (κ3) is 23.8. The van der Waals surface area contributed by atoms with Crippen molar-refractivity contribution in [2.75, 3.05) is 0 Å². The van der Waals surface area contributed by atoms with E-state index in [1.807, 2.05) is 0 Å². The molecule has 0 amide bonds. The summed E-state index contributed by atoms with van der Waals surface area (Å²) < 4.78 is 10.9. The van der Waals surface area contributed by atoms with Gasteiger partial charge >= 0.3 is 17.2 Å². The summed E-state index contributed by atoms with van der Waals surface area (Å²) in [5.41, 5.74) is -1.16. The van der Waals surface area contributed by atoms with Crippen molar-refractivity contribution >= 4 is 17.2 Å². The van der Waals surface area contributed by atoms with Crippen LogP contribution in [0.15, 0.2) is 0 Å². The van der Waals surface area contributed by atoms with Gasteiger partial charge in [-0.3, -0.25) is 0 Å². The highest BCUT2D eigenvalue weighted by atomic mass is 31.2. The van der Waals surface area contributed by atoms with E-state index in [1.54, 1.807) is 0 Å². The normalized spacial score (nSPS) is 13.3. The van der Waals surface area contributed by atoms with Crippen molar-refractivity contribution in [1.29, 1.82) is 0 Å². The van der Waals surface area contributed by atoms with Crippen LogP contribution in [0.4, 0.5) is 0 Å². The van der Waals surface area contributed by atoms with E-state index in [0.29, 0.717) is 18.9 Å². The van der Waals surface area contributed by atoms with Gasteiger partial charge in [-0.2, -0.15) is 0 Å². The van der Waals surface area contributed by atoms with Crippen LogP contribution in [0, 0.1) is 25.4 Å². The second kappa shape index (κ2) is 27.5. The molecule has 0 rings (SSSR count). The maximum absolute atomic E-state index is 9.60. The maximum atomic E-state index is 9.60. The number of rotatable bonds is 30. The molecule has 0 spiro atoms. The molecular formula is C31H63O6P2. The van der Waals surface area contributed by atoms with Crippen molar-refractivity contribution in [3.63, 3.8) is 0 Å². The fourth-order valence-corrected chi connectivity index (χ4v) is 6.16. The van der Waals surface area contributed by atoms with E-state index in [2.05, 4.69) is 27.7 Å². The quantitative estimate of drug-likeness (QED) is 0.0488. The smallest absolute Gasteiger partial charge is 0.327 e. The highest BCUT2D eigenvalue weighted by Gasteiger charge is 2.42. The summed E-state index contributed by atoms with van der Waals surface area (Å²) >= 11 is 0. The fourth-order valence-electron chi connectivity index (χ4n) is 5.15.